The molecule has 0 saturated carbocycles. The van der Waals surface area contributed by atoms with E-state index in [1.54, 1.807) is 4.90 Å². The maximum absolute atomic E-state index is 12.6. The summed E-state index contributed by atoms with van der Waals surface area (Å²) in [6.45, 7) is 5.97. The first kappa shape index (κ1) is 19.9. The molecule has 0 N–H and O–H groups in total. The molecule has 3 rings (SSSR count). The van der Waals surface area contributed by atoms with Crippen LogP contribution in [0.4, 0.5) is 18.9 Å². The number of rotatable bonds is 4. The van der Waals surface area contributed by atoms with Gasteiger partial charge < -0.3 is 14.5 Å². The van der Waals surface area contributed by atoms with Crippen LogP contribution in [0, 0.1) is 0 Å². The molecule has 2 heterocycles. The van der Waals surface area contributed by atoms with E-state index >= 15 is 0 Å². The van der Waals surface area contributed by atoms with Crippen molar-refractivity contribution in [3.8, 4) is 5.75 Å². The van der Waals surface area contributed by atoms with Crippen molar-refractivity contribution < 1.29 is 22.7 Å². The second kappa shape index (κ2) is 8.04. The maximum Gasteiger partial charge on any atom is 0.451 e. The van der Waals surface area contributed by atoms with Gasteiger partial charge in [0.2, 0.25) is 5.82 Å². The molecule has 28 heavy (non-hydrogen) atoms. The number of anilines is 1. The third-order valence-corrected chi connectivity index (χ3v) is 4.29. The smallest absolute Gasteiger partial charge is 0.451 e. The number of hydrogen-bond acceptors (Lipinski definition) is 5. The number of aromatic nitrogens is 2. The minimum absolute atomic E-state index is 0.0451. The van der Waals surface area contributed by atoms with E-state index in [-0.39, 0.29) is 17.6 Å². The number of carbonyl (C=O) groups is 1. The van der Waals surface area contributed by atoms with Gasteiger partial charge >= 0.3 is 6.18 Å². The fraction of sp³-hybridized carbons (Fsp3) is 0.421. The number of ether oxygens (including phenoxy) is 1. The average Bonchev–Trinajstić information content (AvgIpc) is 2.67. The Bertz CT molecular complexity index is 817. The number of carbonyl (C=O) groups excluding carboxylic acids is 1. The number of nitrogens with zero attached hydrogens (tertiary/aromatic N) is 4. The van der Waals surface area contributed by atoms with Crippen molar-refractivity contribution >= 4 is 11.6 Å². The second-order valence-electron chi connectivity index (χ2n) is 6.71. The van der Waals surface area contributed by atoms with Crippen LogP contribution < -0.4 is 9.64 Å². The molecule has 0 aliphatic carbocycles. The highest BCUT2D eigenvalue weighted by atomic mass is 19.4. The Balaban J connectivity index is 1.65. The predicted octanol–water partition coefficient (Wildman–Crippen LogP) is 3.25. The Morgan fingerprint density at radius 1 is 1.07 bits per heavy atom. The van der Waals surface area contributed by atoms with E-state index in [2.05, 4.69) is 14.9 Å². The number of piperazine rings is 1. The molecule has 1 aliphatic rings. The monoisotopic (exact) mass is 394 g/mol. The number of hydrogen-bond donors (Lipinski definition) is 0. The first-order valence-corrected chi connectivity index (χ1v) is 8.95. The third kappa shape index (κ3) is 4.52. The van der Waals surface area contributed by atoms with Crippen molar-refractivity contribution in [3.05, 3.63) is 48.0 Å². The minimum atomic E-state index is -4.63. The summed E-state index contributed by atoms with van der Waals surface area (Å²) in [7, 11) is 0. The number of alkyl halides is 3. The molecule has 0 spiro atoms. The number of halogens is 3. The van der Waals surface area contributed by atoms with Crippen LogP contribution in [-0.4, -0.2) is 53.1 Å². The molecule has 0 radical (unpaired) electrons. The van der Waals surface area contributed by atoms with Crippen LogP contribution in [0.3, 0.4) is 0 Å². The molecule has 1 aromatic carbocycles. The maximum atomic E-state index is 12.6. The Kier molecular flexibility index (Phi) is 5.71. The first-order valence-electron chi connectivity index (χ1n) is 8.95. The van der Waals surface area contributed by atoms with Crippen molar-refractivity contribution in [2.24, 2.45) is 0 Å². The molecule has 0 unspecified atom stereocenters. The largest absolute Gasteiger partial charge is 0.489 e. The summed E-state index contributed by atoms with van der Waals surface area (Å²) in [5.41, 5.74) is 1.01. The lowest BCUT2D eigenvalue weighted by atomic mass is 10.2. The molecule has 1 saturated heterocycles. The van der Waals surface area contributed by atoms with Crippen molar-refractivity contribution in [1.82, 2.24) is 14.9 Å². The summed E-state index contributed by atoms with van der Waals surface area (Å²) in [6.07, 6.45) is -2.73. The Morgan fingerprint density at radius 2 is 1.68 bits per heavy atom. The molecule has 2 aromatic rings. The van der Waals surface area contributed by atoms with Crippen molar-refractivity contribution in [2.45, 2.75) is 26.1 Å². The summed E-state index contributed by atoms with van der Waals surface area (Å²) < 4.78 is 43.5. The van der Waals surface area contributed by atoms with Gasteiger partial charge in [-0.15, -0.1) is 0 Å². The molecule has 1 amide bonds. The number of para-hydroxylation sites is 2. The van der Waals surface area contributed by atoms with E-state index in [0.717, 1.165) is 23.8 Å². The zero-order valence-corrected chi connectivity index (χ0v) is 15.6. The van der Waals surface area contributed by atoms with Crippen LogP contribution >= 0.6 is 0 Å². The lowest BCUT2D eigenvalue weighted by Gasteiger charge is -2.36. The van der Waals surface area contributed by atoms with E-state index in [0.29, 0.717) is 26.2 Å². The summed E-state index contributed by atoms with van der Waals surface area (Å²) in [4.78, 5) is 22.8. The van der Waals surface area contributed by atoms with Gasteiger partial charge in [-0.1, -0.05) is 12.1 Å². The van der Waals surface area contributed by atoms with Gasteiger partial charge in [-0.3, -0.25) is 4.79 Å². The van der Waals surface area contributed by atoms with E-state index in [1.165, 1.54) is 0 Å². The molecule has 6 nitrogen and oxygen atoms in total. The van der Waals surface area contributed by atoms with Crippen LogP contribution in [0.15, 0.2) is 36.7 Å². The number of benzene rings is 1. The van der Waals surface area contributed by atoms with Crippen LogP contribution in [0.5, 0.6) is 5.75 Å². The molecule has 1 aliphatic heterocycles. The molecule has 0 atom stereocenters. The molecule has 1 aromatic heterocycles. The van der Waals surface area contributed by atoms with E-state index in [4.69, 9.17) is 4.74 Å². The van der Waals surface area contributed by atoms with Gasteiger partial charge in [-0.2, -0.15) is 13.2 Å². The fourth-order valence-corrected chi connectivity index (χ4v) is 2.99. The van der Waals surface area contributed by atoms with Crippen molar-refractivity contribution in [1.29, 1.82) is 0 Å². The van der Waals surface area contributed by atoms with Crippen LogP contribution in [0.25, 0.3) is 0 Å². The quantitative estimate of drug-likeness (QED) is 0.797. The Morgan fingerprint density at radius 3 is 2.25 bits per heavy atom. The molecule has 9 heteroatoms. The highest BCUT2D eigenvalue weighted by molar-refractivity contribution is 5.93. The Labute approximate surface area is 160 Å². The fourth-order valence-electron chi connectivity index (χ4n) is 2.99. The van der Waals surface area contributed by atoms with Gasteiger partial charge in [-0.05, 0) is 26.0 Å². The minimum Gasteiger partial charge on any atom is -0.489 e. The van der Waals surface area contributed by atoms with Gasteiger partial charge in [0.25, 0.3) is 5.91 Å². The number of amides is 1. The van der Waals surface area contributed by atoms with E-state index in [9.17, 15) is 18.0 Å². The predicted molar refractivity (Wildman–Crippen MR) is 97.4 cm³/mol. The van der Waals surface area contributed by atoms with Gasteiger partial charge in [0, 0.05) is 38.6 Å². The highest BCUT2D eigenvalue weighted by Gasteiger charge is 2.34. The van der Waals surface area contributed by atoms with Crippen molar-refractivity contribution in [2.75, 3.05) is 31.1 Å². The zero-order valence-electron chi connectivity index (χ0n) is 15.6. The summed E-state index contributed by atoms with van der Waals surface area (Å²) >= 11 is 0. The van der Waals surface area contributed by atoms with Gasteiger partial charge in [0.15, 0.2) is 0 Å². The average molecular weight is 394 g/mol. The van der Waals surface area contributed by atoms with Crippen LogP contribution in [0.2, 0.25) is 0 Å². The Hall–Kier alpha value is -2.84. The first-order chi connectivity index (χ1) is 13.3. The lowest BCUT2D eigenvalue weighted by Crippen LogP contribution is -2.49. The van der Waals surface area contributed by atoms with Crippen LogP contribution in [0.1, 0.15) is 30.0 Å². The summed E-state index contributed by atoms with van der Waals surface area (Å²) in [6, 6.07) is 7.72. The molecule has 0 bridgehead atoms. The second-order valence-corrected chi connectivity index (χ2v) is 6.71. The summed E-state index contributed by atoms with van der Waals surface area (Å²) in [5.74, 6) is -0.843. The molecular weight excluding hydrogens is 373 g/mol. The van der Waals surface area contributed by atoms with Crippen LogP contribution in [-0.2, 0) is 6.18 Å². The molecule has 150 valence electrons. The van der Waals surface area contributed by atoms with E-state index < -0.39 is 12.0 Å². The standard InChI is InChI=1S/C19H21F3N4O2/c1-13(2)28-16-6-4-3-5-15(16)25-7-9-26(10-8-25)17(27)14-11-23-18(24-12-14)19(20,21)22/h3-6,11-13H,7-10H2,1-2H3. The molecular formula is C19H21F3N4O2. The SMILES string of the molecule is CC(C)Oc1ccccc1N1CCN(C(=O)c2cnc(C(F)(F)F)nc2)CC1. The van der Waals surface area contributed by atoms with Gasteiger partial charge in [0.1, 0.15) is 5.75 Å². The van der Waals surface area contributed by atoms with Gasteiger partial charge in [-0.25, -0.2) is 9.97 Å². The van der Waals surface area contributed by atoms with Gasteiger partial charge in [0.05, 0.1) is 17.4 Å². The third-order valence-electron chi connectivity index (χ3n) is 4.29. The highest BCUT2D eigenvalue weighted by Crippen LogP contribution is 2.30. The topological polar surface area (TPSA) is 58.6 Å². The van der Waals surface area contributed by atoms with Crippen molar-refractivity contribution in [3.63, 3.8) is 0 Å². The summed E-state index contributed by atoms with van der Waals surface area (Å²) in [5, 5.41) is 0. The molecule has 1 fully saturated rings. The lowest BCUT2D eigenvalue weighted by molar-refractivity contribution is -0.145. The van der Waals surface area contributed by atoms with E-state index in [1.807, 2.05) is 38.1 Å². The zero-order chi connectivity index (χ0) is 20.3. The normalized spacial score (nSPS) is 15.1.